The van der Waals surface area contributed by atoms with Gasteiger partial charge in [-0.3, -0.25) is 4.90 Å². The van der Waals surface area contributed by atoms with Gasteiger partial charge in [0.1, 0.15) is 11.4 Å². The summed E-state index contributed by atoms with van der Waals surface area (Å²) in [4.78, 5) is 22.1. The lowest BCUT2D eigenvalue weighted by molar-refractivity contribution is 0.0597. The molecule has 1 fully saturated rings. The molecule has 0 unspecified atom stereocenters. The summed E-state index contributed by atoms with van der Waals surface area (Å²) >= 11 is 0. The topological polar surface area (TPSA) is 45.7 Å². The molecular formula is C27H31N3O2. The lowest BCUT2D eigenvalue weighted by atomic mass is 10.0. The van der Waals surface area contributed by atoms with E-state index in [-0.39, 0.29) is 6.04 Å². The van der Waals surface area contributed by atoms with E-state index in [0.29, 0.717) is 5.82 Å². The average Bonchev–Trinajstić information content (AvgIpc) is 3.22. The number of likely N-dealkylation sites (tertiary alicyclic amines) is 1. The summed E-state index contributed by atoms with van der Waals surface area (Å²) in [5.74, 6) is 0.637. The molecule has 1 amide bonds. The Morgan fingerprint density at radius 3 is 2.41 bits per heavy atom. The van der Waals surface area contributed by atoms with Crippen LogP contribution in [-0.2, 0) is 11.3 Å². The molecule has 1 saturated heterocycles. The quantitative estimate of drug-likeness (QED) is 0.465. The Morgan fingerprint density at radius 1 is 1.03 bits per heavy atom. The standard InChI is InChI=1S/C27H31N3O2/c1-27(2,3)32-26(31)30(22-14-8-5-9-15-22)25-23(16-10-18-28-25)24-17-11-19-29(24)20-21-12-6-4-7-13-21/h4-10,12-16,18,24H,11,17,19-20H2,1-3H3/t24-/m1/s1. The Balaban J connectivity index is 1.72. The molecule has 5 heteroatoms. The Bertz CT molecular complexity index is 1030. The fourth-order valence-corrected chi connectivity index (χ4v) is 4.24. The number of anilines is 2. The summed E-state index contributed by atoms with van der Waals surface area (Å²) in [6.45, 7) is 7.53. The van der Waals surface area contributed by atoms with E-state index in [1.54, 1.807) is 11.1 Å². The summed E-state index contributed by atoms with van der Waals surface area (Å²) in [6.07, 6.45) is 3.47. The molecule has 0 aliphatic carbocycles. The molecule has 2 heterocycles. The maximum atomic E-state index is 13.3. The molecule has 0 radical (unpaired) electrons. The lowest BCUT2D eigenvalue weighted by Gasteiger charge is -2.31. The molecule has 3 aromatic rings. The third-order valence-corrected chi connectivity index (χ3v) is 5.57. The highest BCUT2D eigenvalue weighted by molar-refractivity contribution is 5.96. The first-order chi connectivity index (χ1) is 15.4. The zero-order valence-electron chi connectivity index (χ0n) is 19.1. The van der Waals surface area contributed by atoms with Gasteiger partial charge >= 0.3 is 6.09 Å². The summed E-state index contributed by atoms with van der Waals surface area (Å²) in [5.41, 5.74) is 2.48. The highest BCUT2D eigenvalue weighted by Crippen LogP contribution is 2.39. The van der Waals surface area contributed by atoms with E-state index in [2.05, 4.69) is 35.2 Å². The number of hydrogen-bond donors (Lipinski definition) is 0. The van der Waals surface area contributed by atoms with Crippen LogP contribution >= 0.6 is 0 Å². The molecule has 0 N–H and O–H groups in total. The third kappa shape index (κ3) is 5.17. The van der Waals surface area contributed by atoms with Crippen LogP contribution < -0.4 is 4.90 Å². The van der Waals surface area contributed by atoms with Gasteiger partial charge in [-0.05, 0) is 63.9 Å². The Morgan fingerprint density at radius 2 is 1.72 bits per heavy atom. The van der Waals surface area contributed by atoms with Crippen LogP contribution in [0.1, 0.15) is 50.8 Å². The highest BCUT2D eigenvalue weighted by Gasteiger charge is 2.33. The predicted molar refractivity (Wildman–Crippen MR) is 128 cm³/mol. The van der Waals surface area contributed by atoms with Gasteiger partial charge in [0.05, 0.1) is 5.69 Å². The van der Waals surface area contributed by atoms with E-state index in [0.717, 1.165) is 37.2 Å². The van der Waals surface area contributed by atoms with Crippen LogP contribution in [0.3, 0.4) is 0 Å². The number of pyridine rings is 1. The van der Waals surface area contributed by atoms with Crippen molar-refractivity contribution < 1.29 is 9.53 Å². The number of nitrogens with zero attached hydrogens (tertiary/aromatic N) is 3. The summed E-state index contributed by atoms with van der Waals surface area (Å²) in [6, 6.07) is 24.4. The number of carbonyl (C=O) groups is 1. The van der Waals surface area contributed by atoms with Crippen molar-refractivity contribution in [1.82, 2.24) is 9.88 Å². The Labute approximate surface area is 190 Å². The van der Waals surface area contributed by atoms with Crippen molar-refractivity contribution >= 4 is 17.6 Å². The second-order valence-electron chi connectivity index (χ2n) is 9.18. The molecule has 0 bridgehead atoms. The minimum absolute atomic E-state index is 0.188. The molecule has 1 aromatic heterocycles. The van der Waals surface area contributed by atoms with Gasteiger partial charge in [0.2, 0.25) is 0 Å². The van der Waals surface area contributed by atoms with Crippen molar-refractivity contribution in [2.45, 2.75) is 51.8 Å². The van der Waals surface area contributed by atoms with E-state index < -0.39 is 11.7 Å². The minimum Gasteiger partial charge on any atom is -0.443 e. The van der Waals surface area contributed by atoms with Crippen LogP contribution in [0.4, 0.5) is 16.3 Å². The van der Waals surface area contributed by atoms with Gasteiger partial charge in [0.15, 0.2) is 0 Å². The molecule has 0 saturated carbocycles. The van der Waals surface area contributed by atoms with Crippen LogP contribution in [0.25, 0.3) is 0 Å². The van der Waals surface area contributed by atoms with Gasteiger partial charge in [0.25, 0.3) is 0 Å². The van der Waals surface area contributed by atoms with Crippen molar-refractivity contribution in [3.63, 3.8) is 0 Å². The molecule has 1 aliphatic rings. The summed E-state index contributed by atoms with van der Waals surface area (Å²) in [5, 5.41) is 0. The SMILES string of the molecule is CC(C)(C)OC(=O)N(c1ccccc1)c1ncccc1[C@H]1CCCN1Cc1ccccc1. The molecule has 4 rings (SSSR count). The highest BCUT2D eigenvalue weighted by atomic mass is 16.6. The number of para-hydroxylation sites is 1. The zero-order chi connectivity index (χ0) is 22.6. The normalized spacial score (nSPS) is 16.7. The maximum Gasteiger partial charge on any atom is 0.420 e. The Kier molecular flexibility index (Phi) is 6.56. The van der Waals surface area contributed by atoms with E-state index in [1.807, 2.05) is 63.2 Å². The smallest absolute Gasteiger partial charge is 0.420 e. The second kappa shape index (κ2) is 9.53. The summed E-state index contributed by atoms with van der Waals surface area (Å²) < 4.78 is 5.78. The largest absolute Gasteiger partial charge is 0.443 e. The lowest BCUT2D eigenvalue weighted by Crippen LogP contribution is -2.35. The van der Waals surface area contributed by atoms with Crippen molar-refractivity contribution in [3.05, 3.63) is 90.1 Å². The molecule has 5 nitrogen and oxygen atoms in total. The molecule has 32 heavy (non-hydrogen) atoms. The number of hydrogen-bond acceptors (Lipinski definition) is 4. The van der Waals surface area contributed by atoms with E-state index in [9.17, 15) is 4.79 Å². The average molecular weight is 430 g/mol. The van der Waals surface area contributed by atoms with Crippen molar-refractivity contribution in [2.75, 3.05) is 11.4 Å². The van der Waals surface area contributed by atoms with Crippen LogP contribution in [0.15, 0.2) is 79.0 Å². The Hall–Kier alpha value is -3.18. The number of amides is 1. The van der Waals surface area contributed by atoms with Gasteiger partial charge in [-0.2, -0.15) is 0 Å². The number of ether oxygens (including phenoxy) is 1. The maximum absolute atomic E-state index is 13.3. The minimum atomic E-state index is -0.605. The fraction of sp³-hybridized carbons (Fsp3) is 0.333. The third-order valence-electron chi connectivity index (χ3n) is 5.57. The molecule has 2 aromatic carbocycles. The van der Waals surface area contributed by atoms with Crippen molar-refractivity contribution in [3.8, 4) is 0 Å². The van der Waals surface area contributed by atoms with Crippen LogP contribution in [0.2, 0.25) is 0 Å². The zero-order valence-corrected chi connectivity index (χ0v) is 19.1. The van der Waals surface area contributed by atoms with E-state index in [1.165, 1.54) is 5.56 Å². The number of aromatic nitrogens is 1. The number of rotatable bonds is 5. The molecular weight excluding hydrogens is 398 g/mol. The van der Waals surface area contributed by atoms with Crippen LogP contribution in [-0.4, -0.2) is 28.1 Å². The first-order valence-corrected chi connectivity index (χ1v) is 11.2. The molecule has 0 spiro atoms. The van der Waals surface area contributed by atoms with E-state index >= 15 is 0 Å². The fourth-order valence-electron chi connectivity index (χ4n) is 4.24. The van der Waals surface area contributed by atoms with E-state index in [4.69, 9.17) is 9.72 Å². The van der Waals surface area contributed by atoms with Crippen LogP contribution in [0, 0.1) is 0 Å². The van der Waals surface area contributed by atoms with Gasteiger partial charge in [-0.25, -0.2) is 14.7 Å². The van der Waals surface area contributed by atoms with Gasteiger partial charge in [0, 0.05) is 24.3 Å². The number of carbonyl (C=O) groups excluding carboxylic acids is 1. The monoisotopic (exact) mass is 429 g/mol. The first-order valence-electron chi connectivity index (χ1n) is 11.2. The van der Waals surface area contributed by atoms with Crippen molar-refractivity contribution in [2.24, 2.45) is 0 Å². The second-order valence-corrected chi connectivity index (χ2v) is 9.18. The van der Waals surface area contributed by atoms with Gasteiger partial charge in [-0.1, -0.05) is 54.6 Å². The summed E-state index contributed by atoms with van der Waals surface area (Å²) in [7, 11) is 0. The van der Waals surface area contributed by atoms with Gasteiger partial charge < -0.3 is 4.74 Å². The first kappa shape index (κ1) is 22.0. The molecule has 166 valence electrons. The molecule has 1 atom stereocenters. The predicted octanol–water partition coefficient (Wildman–Crippen LogP) is 6.49. The van der Waals surface area contributed by atoms with Crippen LogP contribution in [0.5, 0.6) is 0 Å². The van der Waals surface area contributed by atoms with Crippen molar-refractivity contribution in [1.29, 1.82) is 0 Å². The number of benzene rings is 2. The van der Waals surface area contributed by atoms with Gasteiger partial charge in [-0.15, -0.1) is 0 Å². The molecule has 1 aliphatic heterocycles.